The number of aryl methyl sites for hydroxylation is 1. The molecule has 1 aliphatic carbocycles. The molecule has 0 aliphatic heterocycles. The molecule has 1 aliphatic rings. The highest BCUT2D eigenvalue weighted by Crippen LogP contribution is 2.37. The predicted octanol–water partition coefficient (Wildman–Crippen LogP) is 1.46. The smallest absolute Gasteiger partial charge is 0.305 e. The van der Waals surface area contributed by atoms with E-state index in [0.29, 0.717) is 6.54 Å². The van der Waals surface area contributed by atoms with Gasteiger partial charge in [-0.2, -0.15) is 0 Å². The molecule has 2 rings (SSSR count). The van der Waals surface area contributed by atoms with Crippen molar-refractivity contribution in [2.45, 2.75) is 51.1 Å². The van der Waals surface area contributed by atoms with E-state index in [1.807, 2.05) is 6.92 Å². The number of aliphatic carboxylic acids is 1. The summed E-state index contributed by atoms with van der Waals surface area (Å²) in [6, 6.07) is 0. The number of nitrogens with one attached hydrogen (secondary N) is 1. The molecule has 0 bridgehead atoms. The lowest BCUT2D eigenvalue weighted by atomic mass is 9.74. The Kier molecular flexibility index (Phi) is 3.87. The number of hydrogen-bond acceptors (Lipinski definition) is 4. The molecule has 0 spiro atoms. The second-order valence-electron chi connectivity index (χ2n) is 5.10. The Morgan fingerprint density at radius 1 is 1.58 bits per heavy atom. The van der Waals surface area contributed by atoms with E-state index >= 15 is 0 Å². The molecule has 1 aromatic rings. The van der Waals surface area contributed by atoms with E-state index in [1.165, 1.54) is 0 Å². The number of carboxylic acid groups (broad SMARTS) is 1. The summed E-state index contributed by atoms with van der Waals surface area (Å²) < 4.78 is 1.60. The van der Waals surface area contributed by atoms with Crippen LogP contribution in [0.3, 0.4) is 0 Å². The quantitative estimate of drug-likeness (QED) is 0.813. The fourth-order valence-electron chi connectivity index (χ4n) is 2.44. The molecule has 1 heterocycles. The monoisotopic (exact) mass is 265 g/mol. The molecule has 104 valence electrons. The van der Waals surface area contributed by atoms with Crippen LogP contribution < -0.4 is 10.9 Å². The third-order valence-corrected chi connectivity index (χ3v) is 3.56. The average Bonchev–Trinajstić information content (AvgIpc) is 2.31. The molecule has 6 nitrogen and oxygen atoms in total. The van der Waals surface area contributed by atoms with Crippen molar-refractivity contribution in [3.63, 3.8) is 0 Å². The number of aromatic nitrogens is 2. The van der Waals surface area contributed by atoms with Crippen LogP contribution in [0.2, 0.25) is 0 Å². The van der Waals surface area contributed by atoms with Crippen LogP contribution in [-0.2, 0) is 11.3 Å². The second-order valence-corrected chi connectivity index (χ2v) is 5.10. The highest BCUT2D eigenvalue weighted by molar-refractivity contribution is 5.69. The molecule has 0 amide bonds. The van der Waals surface area contributed by atoms with Crippen molar-refractivity contribution in [1.82, 2.24) is 9.55 Å². The van der Waals surface area contributed by atoms with E-state index in [9.17, 15) is 9.59 Å². The lowest BCUT2D eigenvalue weighted by molar-refractivity contribution is -0.138. The van der Waals surface area contributed by atoms with Crippen LogP contribution in [-0.4, -0.2) is 26.2 Å². The van der Waals surface area contributed by atoms with Crippen LogP contribution >= 0.6 is 0 Å². The van der Waals surface area contributed by atoms with E-state index in [1.54, 1.807) is 17.0 Å². The largest absolute Gasteiger partial charge is 0.481 e. The van der Waals surface area contributed by atoms with Crippen LogP contribution in [0.25, 0.3) is 0 Å². The zero-order chi connectivity index (χ0) is 13.9. The molecule has 2 N–H and O–H groups in total. The summed E-state index contributed by atoms with van der Waals surface area (Å²) >= 11 is 0. The van der Waals surface area contributed by atoms with Crippen molar-refractivity contribution in [3.05, 3.63) is 22.7 Å². The standard InChI is InChI=1S/C13H19N3O3/c1-2-7-16-8-6-14-11(12(16)19)15-13(4-3-5-13)9-10(17)18/h6,8H,2-5,7,9H2,1H3,(H,14,15)(H,17,18). The zero-order valence-corrected chi connectivity index (χ0v) is 11.1. The van der Waals surface area contributed by atoms with E-state index < -0.39 is 11.5 Å². The van der Waals surface area contributed by atoms with Gasteiger partial charge in [0.1, 0.15) is 0 Å². The van der Waals surface area contributed by atoms with Crippen molar-refractivity contribution in [3.8, 4) is 0 Å². The third-order valence-electron chi connectivity index (χ3n) is 3.56. The number of carbonyl (C=O) groups is 1. The number of anilines is 1. The molecule has 19 heavy (non-hydrogen) atoms. The molecule has 0 unspecified atom stereocenters. The maximum absolute atomic E-state index is 12.2. The van der Waals surface area contributed by atoms with Gasteiger partial charge in [-0.3, -0.25) is 9.59 Å². The molecule has 1 aromatic heterocycles. The van der Waals surface area contributed by atoms with Gasteiger partial charge in [-0.15, -0.1) is 0 Å². The Morgan fingerprint density at radius 3 is 2.84 bits per heavy atom. The predicted molar refractivity (Wildman–Crippen MR) is 71.2 cm³/mol. The fraction of sp³-hybridized carbons (Fsp3) is 0.615. The molecule has 0 aromatic carbocycles. The lowest BCUT2D eigenvalue weighted by Crippen LogP contribution is -2.48. The number of carboxylic acids is 1. The van der Waals surface area contributed by atoms with Crippen LogP contribution in [0.15, 0.2) is 17.2 Å². The number of nitrogens with zero attached hydrogens (tertiary/aromatic N) is 2. The average molecular weight is 265 g/mol. The van der Waals surface area contributed by atoms with Crippen molar-refractivity contribution >= 4 is 11.8 Å². The van der Waals surface area contributed by atoms with E-state index in [2.05, 4.69) is 10.3 Å². The third kappa shape index (κ3) is 2.94. The highest BCUT2D eigenvalue weighted by Gasteiger charge is 2.39. The van der Waals surface area contributed by atoms with Crippen molar-refractivity contribution < 1.29 is 9.90 Å². The summed E-state index contributed by atoms with van der Waals surface area (Å²) in [5.74, 6) is -0.589. The Hall–Kier alpha value is -1.85. The molecular formula is C13H19N3O3. The lowest BCUT2D eigenvalue weighted by Gasteiger charge is -2.41. The molecule has 1 saturated carbocycles. The Labute approximate surface area is 111 Å². The molecule has 0 atom stereocenters. The van der Waals surface area contributed by atoms with Gasteiger partial charge in [0.2, 0.25) is 0 Å². The molecule has 0 radical (unpaired) electrons. The normalized spacial score (nSPS) is 16.7. The van der Waals surface area contributed by atoms with Crippen LogP contribution in [0.5, 0.6) is 0 Å². The minimum atomic E-state index is -0.850. The van der Waals surface area contributed by atoms with Gasteiger partial charge in [-0.1, -0.05) is 6.92 Å². The van der Waals surface area contributed by atoms with E-state index in [0.717, 1.165) is 25.7 Å². The van der Waals surface area contributed by atoms with Gasteiger partial charge in [0.05, 0.1) is 6.42 Å². The van der Waals surface area contributed by atoms with E-state index in [4.69, 9.17) is 5.11 Å². The summed E-state index contributed by atoms with van der Waals surface area (Å²) in [7, 11) is 0. The molecule has 0 saturated heterocycles. The van der Waals surface area contributed by atoms with Gasteiger partial charge in [-0.25, -0.2) is 4.98 Å². The number of hydrogen-bond donors (Lipinski definition) is 2. The highest BCUT2D eigenvalue weighted by atomic mass is 16.4. The number of rotatable bonds is 6. The van der Waals surface area contributed by atoms with Gasteiger partial charge >= 0.3 is 5.97 Å². The molecule has 6 heteroatoms. The fourth-order valence-corrected chi connectivity index (χ4v) is 2.44. The first-order valence-corrected chi connectivity index (χ1v) is 6.62. The Balaban J connectivity index is 2.20. The second kappa shape index (κ2) is 5.42. The minimum absolute atomic E-state index is 0.0246. The summed E-state index contributed by atoms with van der Waals surface area (Å²) in [6.45, 7) is 2.64. The van der Waals surface area contributed by atoms with Crippen LogP contribution in [0.1, 0.15) is 39.0 Å². The van der Waals surface area contributed by atoms with Crippen molar-refractivity contribution in [1.29, 1.82) is 0 Å². The van der Waals surface area contributed by atoms with E-state index in [-0.39, 0.29) is 17.8 Å². The maximum Gasteiger partial charge on any atom is 0.305 e. The first-order valence-electron chi connectivity index (χ1n) is 6.62. The van der Waals surface area contributed by atoms with Crippen molar-refractivity contribution in [2.75, 3.05) is 5.32 Å². The van der Waals surface area contributed by atoms with Crippen LogP contribution in [0.4, 0.5) is 5.82 Å². The Morgan fingerprint density at radius 2 is 2.32 bits per heavy atom. The van der Waals surface area contributed by atoms with Gasteiger partial charge < -0.3 is 15.0 Å². The van der Waals surface area contributed by atoms with Gasteiger partial charge in [0, 0.05) is 24.5 Å². The van der Waals surface area contributed by atoms with Gasteiger partial charge in [-0.05, 0) is 25.7 Å². The summed E-state index contributed by atoms with van der Waals surface area (Å²) in [4.78, 5) is 27.1. The van der Waals surface area contributed by atoms with Crippen molar-refractivity contribution in [2.24, 2.45) is 0 Å². The van der Waals surface area contributed by atoms with Crippen LogP contribution in [0, 0.1) is 0 Å². The summed E-state index contributed by atoms with van der Waals surface area (Å²) in [5.41, 5.74) is -0.676. The maximum atomic E-state index is 12.2. The zero-order valence-electron chi connectivity index (χ0n) is 11.1. The van der Waals surface area contributed by atoms with Gasteiger partial charge in [0.25, 0.3) is 5.56 Å². The minimum Gasteiger partial charge on any atom is -0.481 e. The summed E-state index contributed by atoms with van der Waals surface area (Å²) in [6.07, 6.45) is 6.64. The van der Waals surface area contributed by atoms with Gasteiger partial charge in [0.15, 0.2) is 5.82 Å². The molecular weight excluding hydrogens is 246 g/mol. The topological polar surface area (TPSA) is 84.2 Å². The SMILES string of the molecule is CCCn1ccnc(NC2(CC(=O)O)CCC2)c1=O. The Bertz CT molecular complexity index is 520. The summed E-state index contributed by atoms with van der Waals surface area (Å²) in [5, 5.41) is 12.0. The first kappa shape index (κ1) is 13.6. The first-order chi connectivity index (χ1) is 9.06. The molecule has 1 fully saturated rings.